The highest BCUT2D eigenvalue weighted by Gasteiger charge is 2.23. The van der Waals surface area contributed by atoms with Crippen molar-refractivity contribution in [3.8, 4) is 11.1 Å². The van der Waals surface area contributed by atoms with E-state index in [0.29, 0.717) is 24.3 Å². The van der Waals surface area contributed by atoms with Crippen LogP contribution in [0.15, 0.2) is 91.0 Å². The molecule has 0 unspecified atom stereocenters. The van der Waals surface area contributed by atoms with Gasteiger partial charge >= 0.3 is 6.03 Å². The van der Waals surface area contributed by atoms with Gasteiger partial charge < -0.3 is 21.7 Å². The van der Waals surface area contributed by atoms with Crippen LogP contribution >= 0.6 is 0 Å². The number of carbonyl (C=O) groups is 2. The number of aryl methyl sites for hydroxylation is 1. The Morgan fingerprint density at radius 3 is 2.22 bits per heavy atom. The first-order chi connectivity index (χ1) is 18.0. The molecule has 6 nitrogen and oxygen atoms in total. The zero-order valence-electron chi connectivity index (χ0n) is 20.8. The van der Waals surface area contributed by atoms with Gasteiger partial charge in [0, 0.05) is 24.3 Å². The Balaban J connectivity index is 1.30. The number of rotatable bonds is 7. The van der Waals surface area contributed by atoms with Crippen molar-refractivity contribution >= 4 is 23.3 Å². The van der Waals surface area contributed by atoms with Gasteiger partial charge in [0.25, 0.3) is 0 Å². The van der Waals surface area contributed by atoms with Crippen LogP contribution in [0.2, 0.25) is 0 Å². The lowest BCUT2D eigenvalue weighted by Crippen LogP contribution is -2.46. The molecular formula is C31H30N4O2. The minimum atomic E-state index is -0.774. The minimum Gasteiger partial charge on any atom is -0.326 e. The SMILES string of the molecule is Cc1ccc(NC(=O)[C@H](Cc2ccc(CN)cc2)NC(=O)Nc2ccc3c(c2)Cc2ccccc2-3)cc1. The van der Waals surface area contributed by atoms with Crippen LogP contribution in [0.25, 0.3) is 11.1 Å². The third kappa shape index (κ3) is 5.71. The summed E-state index contributed by atoms with van der Waals surface area (Å²) in [5.41, 5.74) is 15.0. The van der Waals surface area contributed by atoms with Gasteiger partial charge in [-0.2, -0.15) is 0 Å². The van der Waals surface area contributed by atoms with E-state index in [1.54, 1.807) is 0 Å². The van der Waals surface area contributed by atoms with Gasteiger partial charge in [-0.25, -0.2) is 4.79 Å². The Morgan fingerprint density at radius 2 is 1.46 bits per heavy atom. The first-order valence-corrected chi connectivity index (χ1v) is 12.4. The molecule has 1 aliphatic carbocycles. The molecule has 186 valence electrons. The van der Waals surface area contributed by atoms with Gasteiger partial charge in [0.1, 0.15) is 6.04 Å². The number of nitrogens with one attached hydrogen (secondary N) is 3. The van der Waals surface area contributed by atoms with Gasteiger partial charge in [-0.15, -0.1) is 0 Å². The van der Waals surface area contributed by atoms with Crippen molar-refractivity contribution in [2.75, 3.05) is 10.6 Å². The normalized spacial score (nSPS) is 12.3. The zero-order chi connectivity index (χ0) is 25.8. The van der Waals surface area contributed by atoms with Crippen LogP contribution < -0.4 is 21.7 Å². The lowest BCUT2D eigenvalue weighted by atomic mass is 10.0. The Labute approximate surface area is 216 Å². The molecule has 0 aromatic heterocycles. The monoisotopic (exact) mass is 490 g/mol. The van der Waals surface area contributed by atoms with Crippen LogP contribution in [-0.2, 0) is 24.2 Å². The number of fused-ring (bicyclic) bond motifs is 3. The van der Waals surface area contributed by atoms with Crippen LogP contribution in [0.4, 0.5) is 16.2 Å². The lowest BCUT2D eigenvalue weighted by Gasteiger charge is -2.19. The summed E-state index contributed by atoms with van der Waals surface area (Å²) in [6, 6.07) is 28.4. The van der Waals surface area contributed by atoms with E-state index in [4.69, 9.17) is 5.73 Å². The predicted octanol–water partition coefficient (Wildman–Crippen LogP) is 5.40. The topological polar surface area (TPSA) is 96.2 Å². The molecule has 1 aliphatic rings. The molecule has 3 amide bonds. The predicted molar refractivity (Wildman–Crippen MR) is 148 cm³/mol. The third-order valence-corrected chi connectivity index (χ3v) is 6.69. The van der Waals surface area contributed by atoms with Crippen molar-refractivity contribution in [2.45, 2.75) is 32.4 Å². The van der Waals surface area contributed by atoms with Gasteiger partial charge in [0.15, 0.2) is 0 Å². The average Bonchev–Trinajstić information content (AvgIpc) is 3.27. The molecule has 37 heavy (non-hydrogen) atoms. The second-order valence-corrected chi connectivity index (χ2v) is 9.44. The van der Waals surface area contributed by atoms with Crippen molar-refractivity contribution in [1.82, 2.24) is 5.32 Å². The highest BCUT2D eigenvalue weighted by atomic mass is 16.2. The number of benzene rings is 4. The average molecular weight is 491 g/mol. The van der Waals surface area contributed by atoms with E-state index in [1.165, 1.54) is 22.3 Å². The van der Waals surface area contributed by atoms with E-state index in [2.05, 4.69) is 28.1 Å². The molecule has 6 heteroatoms. The second kappa shape index (κ2) is 10.7. The highest BCUT2D eigenvalue weighted by Crippen LogP contribution is 2.37. The summed E-state index contributed by atoms with van der Waals surface area (Å²) in [4.78, 5) is 26.2. The Bertz CT molecular complexity index is 1430. The number of anilines is 2. The summed E-state index contributed by atoms with van der Waals surface area (Å²) in [5, 5.41) is 8.71. The molecule has 5 rings (SSSR count). The maximum Gasteiger partial charge on any atom is 0.319 e. The molecule has 0 bridgehead atoms. The van der Waals surface area contributed by atoms with Crippen molar-refractivity contribution in [2.24, 2.45) is 5.73 Å². The van der Waals surface area contributed by atoms with Gasteiger partial charge in [-0.1, -0.05) is 72.3 Å². The zero-order valence-corrected chi connectivity index (χ0v) is 20.8. The lowest BCUT2D eigenvalue weighted by molar-refractivity contribution is -0.117. The summed E-state index contributed by atoms with van der Waals surface area (Å²) in [6.07, 6.45) is 1.18. The summed E-state index contributed by atoms with van der Waals surface area (Å²) in [5.74, 6) is -0.286. The molecule has 4 aromatic rings. The van der Waals surface area contributed by atoms with Gasteiger partial charge in [-0.3, -0.25) is 4.79 Å². The van der Waals surface area contributed by atoms with Gasteiger partial charge in [0.2, 0.25) is 5.91 Å². The number of amides is 3. The second-order valence-electron chi connectivity index (χ2n) is 9.44. The fourth-order valence-corrected chi connectivity index (χ4v) is 4.67. The number of urea groups is 1. The number of carbonyl (C=O) groups excluding carboxylic acids is 2. The van der Waals surface area contributed by atoms with Crippen LogP contribution in [-0.4, -0.2) is 18.0 Å². The summed E-state index contributed by atoms with van der Waals surface area (Å²) in [7, 11) is 0. The summed E-state index contributed by atoms with van der Waals surface area (Å²) >= 11 is 0. The number of nitrogens with two attached hydrogens (primary N) is 1. The van der Waals surface area contributed by atoms with E-state index in [0.717, 1.165) is 23.1 Å². The molecule has 0 saturated carbocycles. The molecule has 0 heterocycles. The van der Waals surface area contributed by atoms with Crippen LogP contribution in [0, 0.1) is 6.92 Å². The molecular weight excluding hydrogens is 460 g/mol. The largest absolute Gasteiger partial charge is 0.326 e. The fourth-order valence-electron chi connectivity index (χ4n) is 4.67. The standard InChI is InChI=1S/C31H30N4O2/c1-20-6-12-25(13-7-20)33-30(36)29(16-21-8-10-22(19-32)11-9-21)35-31(37)34-26-14-15-28-24(18-26)17-23-4-2-3-5-27(23)28/h2-15,18,29H,16-17,19,32H2,1H3,(H,33,36)(H2,34,35,37)/t29-/m0/s1. The van der Waals surface area contributed by atoms with E-state index in [9.17, 15) is 9.59 Å². The maximum atomic E-state index is 13.2. The van der Waals surface area contributed by atoms with Crippen LogP contribution in [0.3, 0.4) is 0 Å². The van der Waals surface area contributed by atoms with Gasteiger partial charge in [0.05, 0.1) is 0 Å². The molecule has 1 atom stereocenters. The Kier molecular flexibility index (Phi) is 7.01. The molecule has 4 aromatic carbocycles. The Morgan fingerprint density at radius 1 is 0.784 bits per heavy atom. The molecule has 0 saturated heterocycles. The van der Waals surface area contributed by atoms with Crippen molar-refractivity contribution in [1.29, 1.82) is 0 Å². The number of hydrogen-bond acceptors (Lipinski definition) is 3. The molecule has 0 spiro atoms. The first-order valence-electron chi connectivity index (χ1n) is 12.4. The van der Waals surface area contributed by atoms with Crippen LogP contribution in [0.5, 0.6) is 0 Å². The molecule has 0 aliphatic heterocycles. The van der Waals surface area contributed by atoms with Crippen molar-refractivity contribution < 1.29 is 9.59 Å². The van der Waals surface area contributed by atoms with E-state index < -0.39 is 12.1 Å². The van der Waals surface area contributed by atoms with E-state index in [-0.39, 0.29) is 5.91 Å². The highest BCUT2D eigenvalue weighted by molar-refractivity contribution is 5.99. The fraction of sp³-hybridized carbons (Fsp3) is 0.161. The van der Waals surface area contributed by atoms with Crippen LogP contribution in [0.1, 0.15) is 27.8 Å². The smallest absolute Gasteiger partial charge is 0.319 e. The quantitative estimate of drug-likeness (QED) is 0.246. The molecule has 0 radical (unpaired) electrons. The third-order valence-electron chi connectivity index (χ3n) is 6.69. The maximum absolute atomic E-state index is 13.2. The van der Waals surface area contributed by atoms with E-state index >= 15 is 0 Å². The summed E-state index contributed by atoms with van der Waals surface area (Å²) in [6.45, 7) is 2.44. The number of hydrogen-bond donors (Lipinski definition) is 4. The minimum absolute atomic E-state index is 0.286. The first kappa shape index (κ1) is 24.3. The summed E-state index contributed by atoms with van der Waals surface area (Å²) < 4.78 is 0. The Hall–Kier alpha value is -4.42. The molecule has 5 N–H and O–H groups in total. The van der Waals surface area contributed by atoms with E-state index in [1.807, 2.05) is 85.8 Å². The van der Waals surface area contributed by atoms with Crippen molar-refractivity contribution in [3.63, 3.8) is 0 Å². The molecule has 0 fully saturated rings. The van der Waals surface area contributed by atoms with Gasteiger partial charge in [-0.05, 0) is 71.0 Å². The van der Waals surface area contributed by atoms with Crippen molar-refractivity contribution in [3.05, 3.63) is 119 Å².